The second kappa shape index (κ2) is 7.63. The van der Waals surface area contributed by atoms with Gasteiger partial charge in [-0.15, -0.1) is 0 Å². The summed E-state index contributed by atoms with van der Waals surface area (Å²) in [5.41, 5.74) is 2.31. The summed E-state index contributed by atoms with van der Waals surface area (Å²) in [7, 11) is 1.79. The maximum Gasteiger partial charge on any atom is 0.227 e. The van der Waals surface area contributed by atoms with Gasteiger partial charge in [-0.1, -0.05) is 29.8 Å². The van der Waals surface area contributed by atoms with Crippen molar-refractivity contribution in [3.05, 3.63) is 57.9 Å². The zero-order valence-corrected chi connectivity index (χ0v) is 17.9. The molecule has 0 bridgehead atoms. The number of nitrogens with zero attached hydrogens (tertiary/aromatic N) is 4. The molecule has 1 N–H and O–H groups in total. The van der Waals surface area contributed by atoms with Gasteiger partial charge in [-0.2, -0.15) is 5.10 Å². The van der Waals surface area contributed by atoms with Gasteiger partial charge < -0.3 is 10.0 Å². The Morgan fingerprint density at radius 1 is 1.40 bits per heavy atom. The first-order valence-electron chi connectivity index (χ1n) is 9.89. The Kier molecular flexibility index (Phi) is 5.28. The van der Waals surface area contributed by atoms with Gasteiger partial charge in [0.15, 0.2) is 5.65 Å². The number of aromatic nitrogens is 3. The number of hydrogen-bond acceptors (Lipinski definition) is 4. The van der Waals surface area contributed by atoms with Crippen LogP contribution in [0.25, 0.3) is 11.0 Å². The third kappa shape index (κ3) is 3.36. The quantitative estimate of drug-likeness (QED) is 0.687. The number of amides is 1. The molecular formula is C22H24ClFN4O2. The smallest absolute Gasteiger partial charge is 0.227 e. The van der Waals surface area contributed by atoms with Gasteiger partial charge in [0.05, 0.1) is 23.7 Å². The highest BCUT2D eigenvalue weighted by Gasteiger charge is 2.34. The second-order valence-corrected chi connectivity index (χ2v) is 8.47. The third-order valence-electron chi connectivity index (χ3n) is 6.04. The Labute approximate surface area is 179 Å². The molecule has 6 nitrogen and oxygen atoms in total. The number of carbonyl (C=O) groups is 1. The van der Waals surface area contributed by atoms with Crippen LogP contribution < -0.4 is 0 Å². The first-order valence-corrected chi connectivity index (χ1v) is 10.3. The molecule has 0 spiro atoms. The van der Waals surface area contributed by atoms with E-state index in [1.807, 2.05) is 24.0 Å². The SMILES string of the molecule is C[C@H]1c2cccc(C(C)(O)CF)c2CCN1C(=O)Cc1c(Cl)cnc2c1cnn2C. The first-order chi connectivity index (χ1) is 14.2. The minimum atomic E-state index is -1.53. The Morgan fingerprint density at radius 3 is 2.90 bits per heavy atom. The summed E-state index contributed by atoms with van der Waals surface area (Å²) in [5, 5.41) is 15.9. The topological polar surface area (TPSA) is 71.2 Å². The fraction of sp³-hybridized carbons (Fsp3) is 0.409. The maximum atomic E-state index is 13.4. The highest BCUT2D eigenvalue weighted by atomic mass is 35.5. The maximum absolute atomic E-state index is 13.4. The number of alkyl halides is 1. The molecule has 3 heterocycles. The Morgan fingerprint density at radius 2 is 2.17 bits per heavy atom. The lowest BCUT2D eigenvalue weighted by Crippen LogP contribution is -2.41. The highest BCUT2D eigenvalue weighted by Crippen LogP contribution is 2.36. The van der Waals surface area contributed by atoms with Gasteiger partial charge in [0.1, 0.15) is 12.3 Å². The van der Waals surface area contributed by atoms with Crippen molar-refractivity contribution in [2.75, 3.05) is 13.2 Å². The van der Waals surface area contributed by atoms with Crippen molar-refractivity contribution in [1.82, 2.24) is 19.7 Å². The number of aryl methyl sites for hydroxylation is 1. The van der Waals surface area contributed by atoms with Crippen LogP contribution in [0, 0.1) is 0 Å². The van der Waals surface area contributed by atoms with E-state index < -0.39 is 12.3 Å². The fourth-order valence-corrected chi connectivity index (χ4v) is 4.56. The number of halogens is 2. The summed E-state index contributed by atoms with van der Waals surface area (Å²) in [5.74, 6) is -0.0472. The molecule has 1 unspecified atom stereocenters. The minimum Gasteiger partial charge on any atom is -0.383 e. The van der Waals surface area contributed by atoms with E-state index in [4.69, 9.17) is 11.6 Å². The van der Waals surface area contributed by atoms with Crippen molar-refractivity contribution in [1.29, 1.82) is 0 Å². The van der Waals surface area contributed by atoms with Crippen LogP contribution in [0.2, 0.25) is 5.02 Å². The number of rotatable bonds is 4. The predicted molar refractivity (Wildman–Crippen MR) is 113 cm³/mol. The second-order valence-electron chi connectivity index (χ2n) is 8.06. The molecule has 30 heavy (non-hydrogen) atoms. The van der Waals surface area contributed by atoms with E-state index in [-0.39, 0.29) is 18.4 Å². The Bertz CT molecular complexity index is 1130. The lowest BCUT2D eigenvalue weighted by Gasteiger charge is -2.38. The largest absolute Gasteiger partial charge is 0.383 e. The molecule has 0 aliphatic carbocycles. The van der Waals surface area contributed by atoms with E-state index in [1.54, 1.807) is 30.2 Å². The van der Waals surface area contributed by atoms with E-state index in [0.717, 1.165) is 16.5 Å². The highest BCUT2D eigenvalue weighted by molar-refractivity contribution is 6.32. The molecule has 158 valence electrons. The van der Waals surface area contributed by atoms with E-state index >= 15 is 0 Å². The molecule has 2 aromatic heterocycles. The van der Waals surface area contributed by atoms with E-state index in [1.165, 1.54) is 6.92 Å². The number of pyridine rings is 1. The van der Waals surface area contributed by atoms with Crippen LogP contribution in [-0.2, 0) is 30.3 Å². The van der Waals surface area contributed by atoms with Crippen LogP contribution in [0.3, 0.4) is 0 Å². The molecule has 1 aliphatic rings. The predicted octanol–water partition coefficient (Wildman–Crippen LogP) is 3.49. The molecule has 0 saturated heterocycles. The number of carbonyl (C=O) groups excluding carboxylic acids is 1. The summed E-state index contributed by atoms with van der Waals surface area (Å²) >= 11 is 6.37. The molecule has 0 saturated carbocycles. The molecule has 0 fully saturated rings. The standard InChI is InChI=1S/C22H24ClFN4O2/c1-13-14-5-4-6-18(22(2,30)12-24)15(14)7-8-28(13)20(29)9-16-17-10-26-27(3)21(17)25-11-19(16)23/h4-6,10-11,13,30H,7-9,12H2,1-3H3/t13-,22?/m0/s1. The van der Waals surface area contributed by atoms with Gasteiger partial charge in [0.2, 0.25) is 5.91 Å². The van der Waals surface area contributed by atoms with E-state index in [2.05, 4.69) is 10.1 Å². The Hall–Kier alpha value is -2.51. The van der Waals surface area contributed by atoms with Crippen LogP contribution in [0.4, 0.5) is 4.39 Å². The molecule has 8 heteroatoms. The summed E-state index contributed by atoms with van der Waals surface area (Å²) in [6, 6.07) is 5.32. The molecule has 1 aliphatic heterocycles. The van der Waals surface area contributed by atoms with Gasteiger partial charge in [-0.05, 0) is 42.5 Å². The summed E-state index contributed by atoms with van der Waals surface area (Å²) in [6.07, 6.45) is 3.93. The van der Waals surface area contributed by atoms with Gasteiger partial charge in [0, 0.05) is 25.2 Å². The van der Waals surface area contributed by atoms with Crippen molar-refractivity contribution in [2.45, 2.75) is 38.3 Å². The van der Waals surface area contributed by atoms with Crippen molar-refractivity contribution in [3.63, 3.8) is 0 Å². The number of fused-ring (bicyclic) bond motifs is 2. The summed E-state index contributed by atoms with van der Waals surface area (Å²) < 4.78 is 15.0. The normalized spacial score (nSPS) is 18.3. The van der Waals surface area contributed by atoms with E-state index in [9.17, 15) is 14.3 Å². The van der Waals surface area contributed by atoms with Crippen molar-refractivity contribution >= 4 is 28.5 Å². The minimum absolute atomic E-state index is 0.0472. The van der Waals surface area contributed by atoms with Crippen LogP contribution in [0.5, 0.6) is 0 Å². The number of benzene rings is 1. The molecule has 1 aromatic carbocycles. The van der Waals surface area contributed by atoms with Crippen LogP contribution in [0.1, 0.15) is 42.1 Å². The summed E-state index contributed by atoms with van der Waals surface area (Å²) in [6.45, 7) is 3.07. The van der Waals surface area contributed by atoms with Gasteiger partial charge in [-0.25, -0.2) is 9.37 Å². The van der Waals surface area contributed by atoms with E-state index in [0.29, 0.717) is 34.8 Å². The number of hydrogen-bond donors (Lipinski definition) is 1. The average molecular weight is 431 g/mol. The summed E-state index contributed by atoms with van der Waals surface area (Å²) in [4.78, 5) is 19.3. The molecule has 2 atom stereocenters. The lowest BCUT2D eigenvalue weighted by atomic mass is 9.83. The van der Waals surface area contributed by atoms with Gasteiger partial charge in [0.25, 0.3) is 0 Å². The number of aliphatic hydroxyl groups is 1. The van der Waals surface area contributed by atoms with Crippen molar-refractivity contribution in [2.24, 2.45) is 7.05 Å². The zero-order chi connectivity index (χ0) is 21.6. The molecular weight excluding hydrogens is 407 g/mol. The zero-order valence-electron chi connectivity index (χ0n) is 17.2. The van der Waals surface area contributed by atoms with Gasteiger partial charge in [-0.3, -0.25) is 9.48 Å². The van der Waals surface area contributed by atoms with Crippen LogP contribution in [0.15, 0.2) is 30.6 Å². The van der Waals surface area contributed by atoms with Crippen LogP contribution in [-0.4, -0.2) is 43.9 Å². The monoisotopic (exact) mass is 430 g/mol. The molecule has 4 rings (SSSR count). The van der Waals surface area contributed by atoms with Gasteiger partial charge >= 0.3 is 0 Å². The van der Waals surface area contributed by atoms with Crippen molar-refractivity contribution < 1.29 is 14.3 Å². The van der Waals surface area contributed by atoms with Crippen molar-refractivity contribution in [3.8, 4) is 0 Å². The average Bonchev–Trinajstić information content (AvgIpc) is 3.11. The first kappa shape index (κ1) is 20.8. The fourth-order valence-electron chi connectivity index (χ4n) is 4.34. The Balaban J connectivity index is 1.64. The lowest BCUT2D eigenvalue weighted by molar-refractivity contribution is -0.133. The van der Waals surface area contributed by atoms with Crippen LogP contribution >= 0.6 is 11.6 Å². The third-order valence-corrected chi connectivity index (χ3v) is 6.37. The molecule has 3 aromatic rings. The molecule has 0 radical (unpaired) electrons. The molecule has 1 amide bonds.